The highest BCUT2D eigenvalue weighted by Gasteiger charge is 2.89. The van der Waals surface area contributed by atoms with E-state index in [1.807, 2.05) is 0 Å². The van der Waals surface area contributed by atoms with E-state index in [0.29, 0.717) is 30.9 Å². The molecule has 1 saturated heterocycles. The summed E-state index contributed by atoms with van der Waals surface area (Å²) in [4.78, 5) is 12.7. The van der Waals surface area contributed by atoms with Gasteiger partial charge in [-0.15, -0.1) is 0 Å². The number of benzene rings is 1. The molecule has 32 heavy (non-hydrogen) atoms. The Morgan fingerprint density at radius 2 is 1.75 bits per heavy atom. The van der Waals surface area contributed by atoms with Crippen LogP contribution in [-0.4, -0.2) is 38.3 Å². The molecule has 1 aromatic rings. The molecule has 6 rings (SSSR count). The van der Waals surface area contributed by atoms with Gasteiger partial charge in [0.05, 0.1) is 15.9 Å². The average molecular weight is 469 g/mol. The minimum atomic E-state index is -4.59. The Bertz CT molecular complexity index is 1050. The summed E-state index contributed by atoms with van der Waals surface area (Å²) in [6, 6.07) is 3.91. The first-order valence-electron chi connectivity index (χ1n) is 11.5. The molecule has 4 unspecified atom stereocenters. The lowest BCUT2D eigenvalue weighted by atomic mass is 9.13. The van der Waals surface area contributed by atoms with Crippen LogP contribution in [0.15, 0.2) is 29.2 Å². The number of sulfonamides is 1. The van der Waals surface area contributed by atoms with Gasteiger partial charge in [-0.25, -0.2) is 8.42 Å². The SMILES string of the molecule is O=C(NCC1CCN(S(=O)(=O)c2cccc(C(F)(F)F)c2)CC1)C12CC3CC4C[C@H](C1)C432. The number of hydrogen-bond acceptors (Lipinski definition) is 3. The van der Waals surface area contributed by atoms with Crippen LogP contribution >= 0.6 is 0 Å². The van der Waals surface area contributed by atoms with Gasteiger partial charge in [-0.05, 0) is 85.8 Å². The lowest BCUT2D eigenvalue weighted by Gasteiger charge is -2.90. The van der Waals surface area contributed by atoms with Crippen molar-refractivity contribution in [2.45, 2.75) is 49.6 Å². The molecule has 5 aliphatic rings. The number of nitrogens with zero attached hydrogens (tertiary/aromatic N) is 1. The summed E-state index contributed by atoms with van der Waals surface area (Å²) in [7, 11) is -3.98. The summed E-state index contributed by atoms with van der Waals surface area (Å²) in [5.74, 6) is 2.71. The number of carbonyl (C=O) groups is 1. The van der Waals surface area contributed by atoms with E-state index >= 15 is 0 Å². The molecule has 9 heteroatoms. The third-order valence-electron chi connectivity index (χ3n) is 9.54. The van der Waals surface area contributed by atoms with Crippen LogP contribution in [0.1, 0.15) is 44.1 Å². The van der Waals surface area contributed by atoms with E-state index in [1.54, 1.807) is 0 Å². The zero-order valence-electron chi connectivity index (χ0n) is 17.7. The van der Waals surface area contributed by atoms with Gasteiger partial charge in [0.2, 0.25) is 15.9 Å². The van der Waals surface area contributed by atoms with Gasteiger partial charge in [-0.1, -0.05) is 6.07 Å². The molecule has 1 aliphatic heterocycles. The molecule has 1 heterocycles. The zero-order chi connectivity index (χ0) is 22.5. The molecule has 174 valence electrons. The van der Waals surface area contributed by atoms with Crippen LogP contribution in [0.4, 0.5) is 13.2 Å². The van der Waals surface area contributed by atoms with E-state index in [2.05, 4.69) is 5.32 Å². The van der Waals surface area contributed by atoms with Crippen molar-refractivity contribution < 1.29 is 26.4 Å². The third-order valence-corrected chi connectivity index (χ3v) is 11.4. The van der Waals surface area contributed by atoms with E-state index in [4.69, 9.17) is 0 Å². The summed E-state index contributed by atoms with van der Waals surface area (Å²) in [5, 5.41) is 3.17. The van der Waals surface area contributed by atoms with Crippen molar-refractivity contribution in [2.75, 3.05) is 19.6 Å². The van der Waals surface area contributed by atoms with Crippen LogP contribution in [0.3, 0.4) is 0 Å². The van der Waals surface area contributed by atoms with Gasteiger partial charge in [-0.3, -0.25) is 4.79 Å². The number of hydrogen-bond donors (Lipinski definition) is 1. The van der Waals surface area contributed by atoms with Crippen molar-refractivity contribution in [1.29, 1.82) is 0 Å². The number of halogens is 3. The minimum absolute atomic E-state index is 0.114. The zero-order valence-corrected chi connectivity index (χ0v) is 18.5. The first-order chi connectivity index (χ1) is 15.1. The van der Waals surface area contributed by atoms with Crippen LogP contribution in [0.5, 0.6) is 0 Å². The Kier molecular flexibility index (Phi) is 4.25. The van der Waals surface area contributed by atoms with E-state index in [9.17, 15) is 26.4 Å². The normalized spacial score (nSPS) is 38.3. The molecule has 0 radical (unpaired) electrons. The molecular weight excluding hydrogens is 441 g/mol. The molecule has 5 nitrogen and oxygen atoms in total. The van der Waals surface area contributed by atoms with Gasteiger partial charge in [-0.2, -0.15) is 17.5 Å². The average Bonchev–Trinajstić information content (AvgIpc) is 2.70. The minimum Gasteiger partial charge on any atom is -0.355 e. The van der Waals surface area contributed by atoms with Crippen LogP contribution in [0.2, 0.25) is 0 Å². The van der Waals surface area contributed by atoms with Crippen LogP contribution in [0.25, 0.3) is 0 Å². The van der Waals surface area contributed by atoms with Crippen LogP contribution in [-0.2, 0) is 21.0 Å². The maximum atomic E-state index is 13.0. The highest BCUT2D eigenvalue weighted by atomic mass is 32.2. The van der Waals surface area contributed by atoms with E-state index < -0.39 is 21.8 Å². The predicted octanol–water partition coefficient (Wildman–Crippen LogP) is 3.66. The van der Waals surface area contributed by atoms with E-state index in [0.717, 1.165) is 42.7 Å². The van der Waals surface area contributed by atoms with Gasteiger partial charge in [0, 0.05) is 19.6 Å². The third kappa shape index (κ3) is 2.50. The highest BCUT2D eigenvalue weighted by molar-refractivity contribution is 7.89. The molecule has 0 bridgehead atoms. The number of alkyl halides is 3. The van der Waals surface area contributed by atoms with Crippen molar-refractivity contribution >= 4 is 15.9 Å². The van der Waals surface area contributed by atoms with Gasteiger partial charge in [0.25, 0.3) is 0 Å². The van der Waals surface area contributed by atoms with Crippen molar-refractivity contribution in [1.82, 2.24) is 9.62 Å². The maximum absolute atomic E-state index is 13.0. The standard InChI is InChI=1S/C23H27F3N2O3S/c24-23(25,26)15-2-1-3-19(10-15)32(30,31)28-6-4-14(5-7-28)13-27-20(29)21-11-17-8-16-9-18(12-21)22(16,17)21/h1-3,10,14,16-18H,4-9,11-13H2,(H,27,29)/t16?,17-,18?,21?,22?/m1/s1. The molecule has 1 amide bonds. The summed E-state index contributed by atoms with van der Waals surface area (Å²) < 4.78 is 65.9. The summed E-state index contributed by atoms with van der Waals surface area (Å²) in [6.45, 7) is 1.05. The van der Waals surface area contributed by atoms with Gasteiger partial charge in [0.15, 0.2) is 0 Å². The Morgan fingerprint density at radius 1 is 1.09 bits per heavy atom. The molecule has 1 aromatic carbocycles. The largest absolute Gasteiger partial charge is 0.416 e. The predicted molar refractivity (Wildman–Crippen MR) is 110 cm³/mol. The van der Waals surface area contributed by atoms with Crippen LogP contribution in [0, 0.1) is 34.5 Å². The van der Waals surface area contributed by atoms with Crippen molar-refractivity contribution in [3.05, 3.63) is 29.8 Å². The first-order valence-corrected chi connectivity index (χ1v) is 13.0. The monoisotopic (exact) mass is 468 g/mol. The molecule has 5 fully saturated rings. The summed E-state index contributed by atoms with van der Waals surface area (Å²) in [5.41, 5.74) is -0.733. The highest BCUT2D eigenvalue weighted by Crippen LogP contribution is 2.92. The molecule has 4 saturated carbocycles. The van der Waals surface area contributed by atoms with Crippen molar-refractivity contribution in [2.24, 2.45) is 34.5 Å². The molecule has 1 N–H and O–H groups in total. The summed E-state index contributed by atoms with van der Waals surface area (Å²) in [6.07, 6.45) is 1.29. The Hall–Kier alpha value is -1.61. The number of piperidine rings is 1. The second-order valence-corrected chi connectivity index (χ2v) is 12.5. The fraction of sp³-hybridized carbons (Fsp3) is 0.696. The van der Waals surface area contributed by atoms with Gasteiger partial charge in [0.1, 0.15) is 0 Å². The molecule has 4 aliphatic carbocycles. The Balaban J connectivity index is 1.04. The molecular formula is C23H27F3N2O3S. The van der Waals surface area contributed by atoms with Crippen molar-refractivity contribution in [3.63, 3.8) is 0 Å². The fourth-order valence-corrected chi connectivity index (χ4v) is 9.57. The second-order valence-electron chi connectivity index (χ2n) is 10.6. The summed E-state index contributed by atoms with van der Waals surface area (Å²) >= 11 is 0. The van der Waals surface area contributed by atoms with Gasteiger partial charge < -0.3 is 5.32 Å². The smallest absolute Gasteiger partial charge is 0.355 e. The van der Waals surface area contributed by atoms with Crippen molar-refractivity contribution in [3.8, 4) is 0 Å². The number of rotatable bonds is 5. The van der Waals surface area contributed by atoms with E-state index in [-0.39, 0.29) is 35.2 Å². The number of nitrogens with one attached hydrogen (secondary N) is 1. The topological polar surface area (TPSA) is 66.5 Å². The number of amides is 1. The Labute approximate surface area is 185 Å². The van der Waals surface area contributed by atoms with Gasteiger partial charge >= 0.3 is 6.18 Å². The van der Waals surface area contributed by atoms with Crippen LogP contribution < -0.4 is 5.32 Å². The lowest BCUT2D eigenvalue weighted by molar-refractivity contribution is -0.413. The Morgan fingerprint density at radius 3 is 2.31 bits per heavy atom. The fourth-order valence-electron chi connectivity index (χ4n) is 8.06. The van der Waals surface area contributed by atoms with E-state index in [1.165, 1.54) is 23.2 Å². The quantitative estimate of drug-likeness (QED) is 0.717. The molecule has 5 atom stereocenters. The molecule has 0 aromatic heterocycles. The number of carbonyl (C=O) groups excluding carboxylic acids is 1. The molecule has 1 spiro atoms. The lowest BCUT2D eigenvalue weighted by Crippen LogP contribution is -2.88. The second kappa shape index (κ2) is 6.50. The first kappa shape index (κ1) is 21.0. The maximum Gasteiger partial charge on any atom is 0.416 e.